The number of rotatable bonds is 8. The first-order valence-corrected chi connectivity index (χ1v) is 26.2. The normalized spacial score (nSPS) is 15.0. The van der Waals surface area contributed by atoms with Crippen molar-refractivity contribution < 1.29 is 4.42 Å². The fourth-order valence-electron chi connectivity index (χ4n) is 12.3. The Balaban J connectivity index is 1.05. The highest BCUT2D eigenvalue weighted by Gasteiger charge is 2.49. The summed E-state index contributed by atoms with van der Waals surface area (Å²) in [6.45, 7) is 0. The predicted molar refractivity (Wildman–Crippen MR) is 294 cm³/mol. The highest BCUT2D eigenvalue weighted by Crippen LogP contribution is 2.57. The van der Waals surface area contributed by atoms with E-state index in [1.807, 2.05) is 6.07 Å². The van der Waals surface area contributed by atoms with Gasteiger partial charge in [-0.25, -0.2) is 0 Å². The highest BCUT2D eigenvalue weighted by molar-refractivity contribution is 7.22. The molecule has 1 aliphatic carbocycles. The van der Waals surface area contributed by atoms with E-state index in [9.17, 15) is 0 Å². The van der Waals surface area contributed by atoms with Gasteiger partial charge in [-0.15, -0.1) is 0 Å². The van der Waals surface area contributed by atoms with Gasteiger partial charge in [0, 0.05) is 27.8 Å². The minimum atomic E-state index is -2.95. The van der Waals surface area contributed by atoms with Crippen molar-refractivity contribution in [2.75, 3.05) is 4.90 Å². The summed E-state index contributed by atoms with van der Waals surface area (Å²) in [6, 6.07) is 102. The van der Waals surface area contributed by atoms with Crippen molar-refractivity contribution in [1.29, 1.82) is 0 Å². The van der Waals surface area contributed by atoms with Gasteiger partial charge >= 0.3 is 0 Å². The Morgan fingerprint density at radius 2 is 0.871 bits per heavy atom. The summed E-state index contributed by atoms with van der Waals surface area (Å²) in [5.41, 5.74) is 17.1. The fraction of sp³-hybridized carbons (Fsp3) is 0.0149. The van der Waals surface area contributed by atoms with Gasteiger partial charge in [-0.3, -0.25) is 0 Å². The first-order valence-electron chi connectivity index (χ1n) is 24.2. The molecule has 2 heterocycles. The van der Waals surface area contributed by atoms with Crippen molar-refractivity contribution in [2.45, 2.75) is 5.41 Å². The minimum Gasteiger partial charge on any atom is -0.456 e. The van der Waals surface area contributed by atoms with Gasteiger partial charge in [0.1, 0.15) is 11.2 Å². The summed E-state index contributed by atoms with van der Waals surface area (Å²) in [5, 5.41) is 7.74. The number of para-hydroxylation sites is 1. The molecule has 0 saturated carbocycles. The van der Waals surface area contributed by atoms with Crippen LogP contribution < -0.4 is 25.6 Å². The predicted octanol–water partition coefficient (Wildman–Crippen LogP) is 14.4. The quantitative estimate of drug-likeness (QED) is 0.141. The monoisotopic (exact) mass is 907 g/mol. The van der Waals surface area contributed by atoms with E-state index in [4.69, 9.17) is 4.42 Å². The van der Waals surface area contributed by atoms with Crippen LogP contribution in [0.2, 0.25) is 0 Å². The molecule has 0 amide bonds. The first-order chi connectivity index (χ1) is 34.7. The maximum Gasteiger partial charge on any atom is 0.180 e. The molecule has 0 N–H and O–H groups in total. The zero-order valence-corrected chi connectivity index (χ0v) is 39.3. The van der Waals surface area contributed by atoms with Crippen LogP contribution >= 0.6 is 0 Å². The average molecular weight is 908 g/mol. The molecule has 0 fully saturated rings. The minimum absolute atomic E-state index is 0.555. The zero-order valence-electron chi connectivity index (χ0n) is 38.3. The van der Waals surface area contributed by atoms with E-state index in [2.05, 4.69) is 272 Å². The Labute approximate surface area is 409 Å². The average Bonchev–Trinajstić information content (AvgIpc) is 4.07. The van der Waals surface area contributed by atoms with Crippen molar-refractivity contribution in [3.63, 3.8) is 0 Å². The van der Waals surface area contributed by atoms with Crippen LogP contribution in [0.3, 0.4) is 0 Å². The molecule has 2 aliphatic rings. The number of nitrogens with zero attached hydrogens (tertiary/aromatic N) is 1. The molecule has 0 bridgehead atoms. The van der Waals surface area contributed by atoms with Gasteiger partial charge in [0.2, 0.25) is 0 Å². The number of hydrogen-bond donors (Lipinski definition) is 0. The third-order valence-corrected chi connectivity index (χ3v) is 20.1. The van der Waals surface area contributed by atoms with Crippen LogP contribution in [0.1, 0.15) is 22.3 Å². The van der Waals surface area contributed by atoms with Crippen molar-refractivity contribution in [2.24, 2.45) is 0 Å². The van der Waals surface area contributed by atoms with Crippen LogP contribution in [0.5, 0.6) is 0 Å². The fourth-order valence-corrected chi connectivity index (χ4v) is 17.5. The molecule has 70 heavy (non-hydrogen) atoms. The number of fused-ring (bicyclic) bond motifs is 9. The lowest BCUT2D eigenvalue weighted by molar-refractivity contribution is 0.669. The lowest BCUT2D eigenvalue weighted by Gasteiger charge is -2.35. The van der Waals surface area contributed by atoms with Crippen LogP contribution in [-0.2, 0) is 5.41 Å². The molecular weight excluding hydrogens is 863 g/mol. The molecule has 1 aromatic heterocycles. The summed E-state index contributed by atoms with van der Waals surface area (Å²) in [7, 11) is -2.95. The second-order valence-electron chi connectivity index (χ2n) is 18.7. The van der Waals surface area contributed by atoms with E-state index in [1.54, 1.807) is 0 Å². The van der Waals surface area contributed by atoms with Gasteiger partial charge in [0.25, 0.3) is 0 Å². The van der Waals surface area contributed by atoms with Gasteiger partial charge in [-0.1, -0.05) is 224 Å². The smallest absolute Gasteiger partial charge is 0.180 e. The Kier molecular flexibility index (Phi) is 9.17. The standard InChI is InChI=1S/C67H45NOSi/c1-5-20-46(21-6-1)47-36-39-59-58-32-15-18-35-65(58)70(66(59)42-47,53-27-11-4-12-28-53)54-29-19-26-50(43-54)68(51-38-41-64-60(44-51)57-31-14-17-34-63(57)69-64)52-37-40-56-55-30-13-16-33-61(55)67(62(56)45-52,48-22-7-2-8-23-48)49-24-9-3-10-25-49/h1-45H. The third kappa shape index (κ3) is 5.86. The van der Waals surface area contributed by atoms with Gasteiger partial charge < -0.3 is 9.32 Å². The van der Waals surface area contributed by atoms with Crippen LogP contribution in [0, 0.1) is 0 Å². The molecule has 1 unspecified atom stereocenters. The van der Waals surface area contributed by atoms with Crippen LogP contribution in [0.25, 0.3) is 55.3 Å². The molecule has 0 spiro atoms. The van der Waals surface area contributed by atoms with E-state index in [1.165, 1.54) is 76.4 Å². The molecule has 11 aromatic carbocycles. The van der Waals surface area contributed by atoms with Crippen molar-refractivity contribution >= 4 is 67.8 Å². The molecule has 14 rings (SSSR count). The second kappa shape index (κ2) is 15.9. The van der Waals surface area contributed by atoms with Gasteiger partial charge in [-0.05, 0) is 125 Å². The summed E-state index contributed by atoms with van der Waals surface area (Å²) < 4.78 is 6.46. The SMILES string of the molecule is c1ccc(-c2ccc3c(c2)[Si](c2ccccc2)(c2cccc(N(c4ccc5c(c4)C(c4ccccc4)(c4ccccc4)c4ccccc4-5)c4ccc5oc6ccccc6c5c4)c2)c2ccccc2-3)cc1. The molecule has 0 radical (unpaired) electrons. The largest absolute Gasteiger partial charge is 0.456 e. The Hall–Kier alpha value is -8.76. The van der Waals surface area contributed by atoms with E-state index in [-0.39, 0.29) is 0 Å². The number of anilines is 3. The van der Waals surface area contributed by atoms with Crippen molar-refractivity contribution in [1.82, 2.24) is 0 Å². The maximum atomic E-state index is 6.46. The molecular formula is C67H45NOSi. The van der Waals surface area contributed by atoms with Gasteiger partial charge in [0.15, 0.2) is 8.07 Å². The number of hydrogen-bond acceptors (Lipinski definition) is 2. The summed E-state index contributed by atoms with van der Waals surface area (Å²) >= 11 is 0. The van der Waals surface area contributed by atoms with Crippen LogP contribution in [0.15, 0.2) is 277 Å². The molecule has 328 valence electrons. The molecule has 0 saturated heterocycles. The Bertz CT molecular complexity index is 3920. The maximum absolute atomic E-state index is 6.46. The lowest BCUT2D eigenvalue weighted by Crippen LogP contribution is -2.72. The number of benzene rings is 11. The van der Waals surface area contributed by atoms with E-state index < -0.39 is 13.5 Å². The second-order valence-corrected chi connectivity index (χ2v) is 22.4. The Morgan fingerprint density at radius 3 is 1.66 bits per heavy atom. The molecule has 1 aliphatic heterocycles. The molecule has 12 aromatic rings. The van der Waals surface area contributed by atoms with Crippen LogP contribution in [0.4, 0.5) is 17.1 Å². The Morgan fingerprint density at radius 1 is 0.314 bits per heavy atom. The third-order valence-electron chi connectivity index (χ3n) is 15.2. The highest BCUT2D eigenvalue weighted by atomic mass is 28.3. The van der Waals surface area contributed by atoms with Crippen LogP contribution in [-0.4, -0.2) is 8.07 Å². The van der Waals surface area contributed by atoms with E-state index in [0.29, 0.717) is 0 Å². The van der Waals surface area contributed by atoms with Gasteiger partial charge in [0.05, 0.1) is 5.41 Å². The molecule has 2 nitrogen and oxygen atoms in total. The van der Waals surface area contributed by atoms with Crippen molar-refractivity contribution in [3.05, 3.63) is 295 Å². The van der Waals surface area contributed by atoms with E-state index >= 15 is 0 Å². The summed E-state index contributed by atoms with van der Waals surface area (Å²) in [4.78, 5) is 2.49. The summed E-state index contributed by atoms with van der Waals surface area (Å²) in [6.07, 6.45) is 0. The zero-order chi connectivity index (χ0) is 46.2. The summed E-state index contributed by atoms with van der Waals surface area (Å²) in [5.74, 6) is 0. The molecule has 1 atom stereocenters. The van der Waals surface area contributed by atoms with Gasteiger partial charge in [-0.2, -0.15) is 0 Å². The molecule has 3 heteroatoms. The lowest BCUT2D eigenvalue weighted by atomic mass is 9.67. The topological polar surface area (TPSA) is 16.4 Å². The first kappa shape index (κ1) is 40.3. The van der Waals surface area contributed by atoms with E-state index in [0.717, 1.165) is 39.0 Å². The number of furan rings is 1. The van der Waals surface area contributed by atoms with Crippen molar-refractivity contribution in [3.8, 4) is 33.4 Å².